The van der Waals surface area contributed by atoms with E-state index in [1.54, 1.807) is 23.0 Å². The van der Waals surface area contributed by atoms with Crippen molar-refractivity contribution in [3.63, 3.8) is 0 Å². The standard InChI is InChI=1S/C12H12N6OS/c1-7-4-14-12-10(11(13)17-18(12)5-7)8-3-9(20(2)19)16-6-15-8/h3-6H,1-2H3,(H2,13,17). The van der Waals surface area contributed by atoms with Gasteiger partial charge in [-0.1, -0.05) is 0 Å². The molecule has 0 aliphatic carbocycles. The maximum atomic E-state index is 11.5. The van der Waals surface area contributed by atoms with Crippen LogP contribution in [0.25, 0.3) is 16.9 Å². The number of anilines is 1. The lowest BCUT2D eigenvalue weighted by Crippen LogP contribution is -1.96. The third-order valence-electron chi connectivity index (χ3n) is 2.82. The minimum Gasteiger partial charge on any atom is -0.382 e. The van der Waals surface area contributed by atoms with Gasteiger partial charge in [-0.3, -0.25) is 4.21 Å². The Bertz CT molecular complexity index is 828. The normalized spacial score (nSPS) is 12.7. The monoisotopic (exact) mass is 288 g/mol. The van der Waals surface area contributed by atoms with Crippen LogP contribution in [-0.4, -0.2) is 35.0 Å². The molecule has 0 amide bonds. The first-order chi connectivity index (χ1) is 9.56. The topological polar surface area (TPSA) is 99.1 Å². The molecule has 3 rings (SSSR count). The molecule has 0 spiro atoms. The van der Waals surface area contributed by atoms with Gasteiger partial charge in [-0.2, -0.15) is 0 Å². The van der Waals surface area contributed by atoms with Crippen LogP contribution < -0.4 is 5.73 Å². The number of nitrogen functional groups attached to an aromatic ring is 1. The molecule has 0 saturated heterocycles. The SMILES string of the molecule is Cc1cnc2c(-c3cc(S(C)=O)ncn3)c(N)nn2c1. The summed E-state index contributed by atoms with van der Waals surface area (Å²) in [5.41, 5.74) is 8.73. The van der Waals surface area contributed by atoms with Crippen LogP contribution >= 0.6 is 0 Å². The second kappa shape index (κ2) is 4.64. The number of nitrogens with two attached hydrogens (primary N) is 1. The minimum absolute atomic E-state index is 0.328. The highest BCUT2D eigenvalue weighted by molar-refractivity contribution is 7.84. The Morgan fingerprint density at radius 2 is 2.10 bits per heavy atom. The van der Waals surface area contributed by atoms with Crippen LogP contribution in [0.2, 0.25) is 0 Å². The number of nitrogens with zero attached hydrogens (tertiary/aromatic N) is 5. The van der Waals surface area contributed by atoms with Crippen molar-refractivity contribution in [3.8, 4) is 11.3 Å². The highest BCUT2D eigenvalue weighted by atomic mass is 32.2. The lowest BCUT2D eigenvalue weighted by molar-refractivity contribution is 0.683. The molecular weight excluding hydrogens is 276 g/mol. The van der Waals surface area contributed by atoms with E-state index in [0.29, 0.717) is 27.7 Å². The summed E-state index contributed by atoms with van der Waals surface area (Å²) in [6.07, 6.45) is 6.50. The van der Waals surface area contributed by atoms with Crippen LogP contribution in [0, 0.1) is 6.92 Å². The maximum Gasteiger partial charge on any atom is 0.166 e. The van der Waals surface area contributed by atoms with Gasteiger partial charge in [0.2, 0.25) is 0 Å². The molecule has 8 heteroatoms. The highest BCUT2D eigenvalue weighted by Gasteiger charge is 2.16. The van der Waals surface area contributed by atoms with Gasteiger partial charge >= 0.3 is 0 Å². The van der Waals surface area contributed by atoms with Gasteiger partial charge < -0.3 is 5.73 Å². The minimum atomic E-state index is -1.18. The van der Waals surface area contributed by atoms with E-state index in [0.717, 1.165) is 5.56 Å². The Labute approximate surface area is 117 Å². The maximum absolute atomic E-state index is 11.5. The van der Waals surface area contributed by atoms with E-state index in [2.05, 4.69) is 20.1 Å². The average Bonchev–Trinajstić information content (AvgIpc) is 2.73. The van der Waals surface area contributed by atoms with Crippen LogP contribution in [0.15, 0.2) is 29.8 Å². The zero-order valence-electron chi connectivity index (χ0n) is 10.9. The molecule has 1 atom stereocenters. The van der Waals surface area contributed by atoms with Gasteiger partial charge in [-0.25, -0.2) is 19.5 Å². The highest BCUT2D eigenvalue weighted by Crippen LogP contribution is 2.27. The zero-order valence-corrected chi connectivity index (χ0v) is 11.8. The van der Waals surface area contributed by atoms with Gasteiger partial charge in [0.25, 0.3) is 0 Å². The van der Waals surface area contributed by atoms with Gasteiger partial charge in [0.05, 0.1) is 22.1 Å². The number of hydrogen-bond acceptors (Lipinski definition) is 6. The molecule has 0 fully saturated rings. The molecule has 2 N–H and O–H groups in total. The fourth-order valence-corrected chi connectivity index (χ4v) is 2.40. The van der Waals surface area contributed by atoms with E-state index in [1.807, 2.05) is 13.1 Å². The Kier molecular flexibility index (Phi) is 2.94. The Morgan fingerprint density at radius 3 is 2.85 bits per heavy atom. The number of aryl methyl sites for hydroxylation is 1. The molecule has 20 heavy (non-hydrogen) atoms. The van der Waals surface area contributed by atoms with Crippen LogP contribution in [0.5, 0.6) is 0 Å². The van der Waals surface area contributed by atoms with Crippen molar-refractivity contribution in [1.82, 2.24) is 24.6 Å². The predicted molar refractivity (Wildman–Crippen MR) is 75.5 cm³/mol. The predicted octanol–water partition coefficient (Wildman–Crippen LogP) is 0.814. The second-order valence-corrected chi connectivity index (χ2v) is 5.68. The molecule has 1 unspecified atom stereocenters. The molecule has 7 nitrogen and oxygen atoms in total. The van der Waals surface area contributed by atoms with Crippen molar-refractivity contribution in [2.75, 3.05) is 12.0 Å². The van der Waals surface area contributed by atoms with Crippen LogP contribution in [0.4, 0.5) is 5.82 Å². The van der Waals surface area contributed by atoms with Crippen LogP contribution in [-0.2, 0) is 10.8 Å². The van der Waals surface area contributed by atoms with E-state index < -0.39 is 10.8 Å². The molecule has 3 aromatic rings. The summed E-state index contributed by atoms with van der Waals surface area (Å²) < 4.78 is 13.1. The first-order valence-electron chi connectivity index (χ1n) is 5.82. The van der Waals surface area contributed by atoms with Gasteiger partial charge in [0.15, 0.2) is 11.5 Å². The summed E-state index contributed by atoms with van der Waals surface area (Å²) in [4.78, 5) is 12.5. The molecular formula is C12H12N6OS. The average molecular weight is 288 g/mol. The van der Waals surface area contributed by atoms with Gasteiger partial charge in [-0.05, 0) is 18.6 Å². The molecule has 0 saturated carbocycles. The molecule has 0 aliphatic rings. The summed E-state index contributed by atoms with van der Waals surface area (Å²) in [6, 6.07) is 1.64. The number of hydrogen-bond donors (Lipinski definition) is 1. The molecule has 102 valence electrons. The van der Waals surface area contributed by atoms with E-state index in [1.165, 1.54) is 6.33 Å². The van der Waals surface area contributed by atoms with Crippen molar-refractivity contribution in [1.29, 1.82) is 0 Å². The third kappa shape index (κ3) is 2.03. The van der Waals surface area contributed by atoms with Gasteiger partial charge in [-0.15, -0.1) is 5.10 Å². The van der Waals surface area contributed by atoms with Gasteiger partial charge in [0, 0.05) is 18.6 Å². The van der Waals surface area contributed by atoms with Crippen molar-refractivity contribution in [2.45, 2.75) is 11.9 Å². The summed E-state index contributed by atoms with van der Waals surface area (Å²) in [5.74, 6) is 0.328. The summed E-state index contributed by atoms with van der Waals surface area (Å²) in [7, 11) is -1.18. The number of aromatic nitrogens is 5. The summed E-state index contributed by atoms with van der Waals surface area (Å²) in [6.45, 7) is 1.92. The molecule has 3 heterocycles. The van der Waals surface area contributed by atoms with Crippen LogP contribution in [0.1, 0.15) is 5.56 Å². The molecule has 0 aromatic carbocycles. The quantitative estimate of drug-likeness (QED) is 0.701. The number of fused-ring (bicyclic) bond motifs is 1. The molecule has 3 aromatic heterocycles. The van der Waals surface area contributed by atoms with Crippen LogP contribution in [0.3, 0.4) is 0 Å². The molecule has 0 aliphatic heterocycles. The van der Waals surface area contributed by atoms with Crippen molar-refractivity contribution in [3.05, 3.63) is 30.4 Å². The van der Waals surface area contributed by atoms with E-state index >= 15 is 0 Å². The largest absolute Gasteiger partial charge is 0.382 e. The Morgan fingerprint density at radius 1 is 1.30 bits per heavy atom. The summed E-state index contributed by atoms with van der Waals surface area (Å²) >= 11 is 0. The Balaban J connectivity index is 2.26. The fourth-order valence-electron chi connectivity index (χ4n) is 1.92. The van der Waals surface area contributed by atoms with E-state index in [9.17, 15) is 4.21 Å². The first-order valence-corrected chi connectivity index (χ1v) is 7.38. The second-order valence-electron chi connectivity index (χ2n) is 4.36. The van der Waals surface area contributed by atoms with Crippen molar-refractivity contribution in [2.24, 2.45) is 0 Å². The molecule has 0 radical (unpaired) electrons. The van der Waals surface area contributed by atoms with Crippen molar-refractivity contribution < 1.29 is 4.21 Å². The molecule has 0 bridgehead atoms. The van der Waals surface area contributed by atoms with E-state index in [4.69, 9.17) is 5.73 Å². The smallest absolute Gasteiger partial charge is 0.166 e. The third-order valence-corrected chi connectivity index (χ3v) is 3.63. The Hall–Kier alpha value is -2.35. The fraction of sp³-hybridized carbons (Fsp3) is 0.167. The lowest BCUT2D eigenvalue weighted by Gasteiger charge is -2.01. The first kappa shape index (κ1) is 12.7. The summed E-state index contributed by atoms with van der Waals surface area (Å²) in [5, 5.41) is 4.67. The zero-order chi connectivity index (χ0) is 14.3. The van der Waals surface area contributed by atoms with Gasteiger partial charge in [0.1, 0.15) is 11.4 Å². The lowest BCUT2D eigenvalue weighted by atomic mass is 10.2. The number of rotatable bonds is 2. The van der Waals surface area contributed by atoms with Crippen molar-refractivity contribution >= 4 is 22.3 Å². The van der Waals surface area contributed by atoms with E-state index in [-0.39, 0.29) is 0 Å².